The maximum absolute atomic E-state index is 8.49. The summed E-state index contributed by atoms with van der Waals surface area (Å²) in [6.45, 7) is 4.00. The largest absolute Gasteiger partial charge is 0.479 e. The van der Waals surface area contributed by atoms with Crippen molar-refractivity contribution in [1.29, 1.82) is 5.26 Å². The molecule has 0 bridgehead atoms. The molecule has 2 aromatic rings. The summed E-state index contributed by atoms with van der Waals surface area (Å²) in [4.78, 5) is 0. The number of ether oxygens (including phenoxy) is 1. The lowest BCUT2D eigenvalue weighted by molar-refractivity contribution is 0.368. The number of nitrogens with one attached hydrogen (secondary N) is 1. The number of hydrogen-bond acceptors (Lipinski definition) is 4. The number of nitrogens with zero attached hydrogens (tertiary/aromatic N) is 1. The Morgan fingerprint density at radius 2 is 2.21 bits per heavy atom. The third kappa shape index (κ3) is 3.52. The molecule has 0 fully saturated rings. The predicted octanol–water partition coefficient (Wildman–Crippen LogP) is 3.66. The van der Waals surface area contributed by atoms with Crippen LogP contribution in [-0.4, -0.2) is 6.61 Å². The van der Waals surface area contributed by atoms with Gasteiger partial charge in [-0.1, -0.05) is 6.07 Å². The van der Waals surface area contributed by atoms with E-state index in [1.54, 1.807) is 0 Å². The minimum absolute atomic E-state index is 0.0520. The molecule has 19 heavy (non-hydrogen) atoms. The molecule has 1 aromatic heterocycles. The molecular formula is C15H16N2O2. The maximum atomic E-state index is 8.49. The zero-order chi connectivity index (χ0) is 13.7. The van der Waals surface area contributed by atoms with Crippen LogP contribution in [0.2, 0.25) is 0 Å². The Labute approximate surface area is 112 Å². The highest BCUT2D eigenvalue weighted by Crippen LogP contribution is 2.23. The summed E-state index contributed by atoms with van der Waals surface area (Å²) >= 11 is 0. The molecule has 1 aromatic carbocycles. The summed E-state index contributed by atoms with van der Waals surface area (Å²) in [6, 6.07) is 13.4. The summed E-state index contributed by atoms with van der Waals surface area (Å²) in [6.07, 6.45) is 0. The minimum atomic E-state index is 0.0520. The van der Waals surface area contributed by atoms with Crippen molar-refractivity contribution in [3.63, 3.8) is 0 Å². The van der Waals surface area contributed by atoms with Crippen molar-refractivity contribution < 1.29 is 9.15 Å². The molecule has 0 radical (unpaired) electrons. The van der Waals surface area contributed by atoms with Crippen molar-refractivity contribution in [3.8, 4) is 11.8 Å². The van der Waals surface area contributed by atoms with Crippen molar-refractivity contribution in [3.05, 3.63) is 47.9 Å². The fourth-order valence-corrected chi connectivity index (χ4v) is 1.80. The average Bonchev–Trinajstić information content (AvgIpc) is 2.83. The molecular weight excluding hydrogens is 240 g/mol. The van der Waals surface area contributed by atoms with Crippen LogP contribution in [0, 0.1) is 18.3 Å². The quantitative estimate of drug-likeness (QED) is 0.886. The van der Waals surface area contributed by atoms with Gasteiger partial charge in [-0.3, -0.25) is 0 Å². The number of hydrogen-bond donors (Lipinski definition) is 1. The van der Waals surface area contributed by atoms with Gasteiger partial charge in [-0.2, -0.15) is 5.26 Å². The van der Waals surface area contributed by atoms with Gasteiger partial charge < -0.3 is 14.5 Å². The SMILES string of the molecule is Cc1ccc(C(C)Nc2cccc(OCC#N)c2)o1. The highest BCUT2D eigenvalue weighted by Gasteiger charge is 2.09. The topological polar surface area (TPSA) is 58.2 Å². The van der Waals surface area contributed by atoms with E-state index in [-0.39, 0.29) is 12.6 Å². The van der Waals surface area contributed by atoms with Crippen molar-refractivity contribution in [2.75, 3.05) is 11.9 Å². The lowest BCUT2D eigenvalue weighted by Gasteiger charge is -2.13. The van der Waals surface area contributed by atoms with Gasteiger partial charge in [-0.25, -0.2) is 0 Å². The molecule has 0 saturated carbocycles. The van der Waals surface area contributed by atoms with E-state index in [1.807, 2.05) is 56.3 Å². The van der Waals surface area contributed by atoms with Gasteiger partial charge in [0.1, 0.15) is 23.3 Å². The second-order valence-electron chi connectivity index (χ2n) is 4.29. The molecule has 1 heterocycles. The van der Waals surface area contributed by atoms with Crippen molar-refractivity contribution in [2.45, 2.75) is 19.9 Å². The second kappa shape index (κ2) is 5.96. The van der Waals surface area contributed by atoms with E-state index >= 15 is 0 Å². The predicted molar refractivity (Wildman–Crippen MR) is 73.0 cm³/mol. The summed E-state index contributed by atoms with van der Waals surface area (Å²) in [5, 5.41) is 11.8. The molecule has 98 valence electrons. The van der Waals surface area contributed by atoms with Crippen LogP contribution in [0.4, 0.5) is 5.69 Å². The third-order valence-corrected chi connectivity index (χ3v) is 2.71. The molecule has 1 N–H and O–H groups in total. The third-order valence-electron chi connectivity index (χ3n) is 2.71. The van der Waals surface area contributed by atoms with Crippen LogP contribution < -0.4 is 10.1 Å². The Kier molecular flexibility index (Phi) is 4.09. The molecule has 0 aliphatic heterocycles. The van der Waals surface area contributed by atoms with Crippen LogP contribution in [0.3, 0.4) is 0 Å². The molecule has 0 amide bonds. The summed E-state index contributed by atoms with van der Waals surface area (Å²) < 4.78 is 10.8. The monoisotopic (exact) mass is 256 g/mol. The second-order valence-corrected chi connectivity index (χ2v) is 4.29. The molecule has 1 atom stereocenters. The Hall–Kier alpha value is -2.41. The highest BCUT2D eigenvalue weighted by atomic mass is 16.5. The van der Waals surface area contributed by atoms with Gasteiger partial charge in [0.05, 0.1) is 6.04 Å². The summed E-state index contributed by atoms with van der Waals surface area (Å²) in [5.41, 5.74) is 0.928. The van der Waals surface area contributed by atoms with Crippen LogP contribution in [0.15, 0.2) is 40.8 Å². The zero-order valence-electron chi connectivity index (χ0n) is 11.0. The first-order chi connectivity index (χ1) is 9.19. The van der Waals surface area contributed by atoms with E-state index in [1.165, 1.54) is 0 Å². The Balaban J connectivity index is 2.04. The number of rotatable bonds is 5. The van der Waals surface area contributed by atoms with Gasteiger partial charge in [-0.05, 0) is 38.1 Å². The Morgan fingerprint density at radius 3 is 2.89 bits per heavy atom. The Bertz CT molecular complexity index is 584. The van der Waals surface area contributed by atoms with Crippen LogP contribution in [0.25, 0.3) is 0 Å². The zero-order valence-corrected chi connectivity index (χ0v) is 11.0. The van der Waals surface area contributed by atoms with Crippen LogP contribution >= 0.6 is 0 Å². The average molecular weight is 256 g/mol. The van der Waals surface area contributed by atoms with Crippen LogP contribution in [0.5, 0.6) is 5.75 Å². The number of aryl methyl sites for hydroxylation is 1. The van der Waals surface area contributed by atoms with E-state index < -0.39 is 0 Å². The fraction of sp³-hybridized carbons (Fsp3) is 0.267. The van der Waals surface area contributed by atoms with E-state index in [0.29, 0.717) is 5.75 Å². The lowest BCUT2D eigenvalue weighted by atomic mass is 10.2. The molecule has 0 spiro atoms. The smallest absolute Gasteiger partial charge is 0.174 e. The molecule has 2 rings (SSSR count). The molecule has 1 unspecified atom stereocenters. The molecule has 4 heteroatoms. The van der Waals surface area contributed by atoms with E-state index in [4.69, 9.17) is 14.4 Å². The Morgan fingerprint density at radius 1 is 1.37 bits per heavy atom. The van der Waals surface area contributed by atoms with Crippen LogP contribution in [-0.2, 0) is 0 Å². The van der Waals surface area contributed by atoms with E-state index in [9.17, 15) is 0 Å². The van der Waals surface area contributed by atoms with E-state index in [2.05, 4.69) is 5.32 Å². The molecule has 0 saturated heterocycles. The lowest BCUT2D eigenvalue weighted by Crippen LogP contribution is -2.05. The minimum Gasteiger partial charge on any atom is -0.479 e. The first kappa shape index (κ1) is 13.0. The molecule has 4 nitrogen and oxygen atoms in total. The van der Waals surface area contributed by atoms with E-state index in [0.717, 1.165) is 17.2 Å². The van der Waals surface area contributed by atoms with Crippen LogP contribution in [0.1, 0.15) is 24.5 Å². The standard InChI is InChI=1S/C15H16N2O2/c1-11-6-7-15(19-11)12(2)17-13-4-3-5-14(10-13)18-9-8-16/h3-7,10,12,17H,9H2,1-2H3. The fourth-order valence-electron chi connectivity index (χ4n) is 1.80. The van der Waals surface area contributed by atoms with Gasteiger partial charge in [-0.15, -0.1) is 0 Å². The number of anilines is 1. The van der Waals surface area contributed by atoms with Gasteiger partial charge >= 0.3 is 0 Å². The van der Waals surface area contributed by atoms with Crippen molar-refractivity contribution >= 4 is 5.69 Å². The molecule has 0 aliphatic rings. The normalized spacial score (nSPS) is 11.6. The summed E-state index contributed by atoms with van der Waals surface area (Å²) in [5.74, 6) is 2.46. The first-order valence-corrected chi connectivity index (χ1v) is 6.11. The van der Waals surface area contributed by atoms with Gasteiger partial charge in [0.15, 0.2) is 6.61 Å². The number of benzene rings is 1. The van der Waals surface area contributed by atoms with Gasteiger partial charge in [0.25, 0.3) is 0 Å². The number of furan rings is 1. The maximum Gasteiger partial charge on any atom is 0.174 e. The van der Waals surface area contributed by atoms with Crippen molar-refractivity contribution in [1.82, 2.24) is 0 Å². The van der Waals surface area contributed by atoms with Gasteiger partial charge in [0.2, 0.25) is 0 Å². The molecule has 0 aliphatic carbocycles. The first-order valence-electron chi connectivity index (χ1n) is 6.11. The number of nitriles is 1. The summed E-state index contributed by atoms with van der Waals surface area (Å²) in [7, 11) is 0. The van der Waals surface area contributed by atoms with Gasteiger partial charge in [0, 0.05) is 11.8 Å². The highest BCUT2D eigenvalue weighted by molar-refractivity contribution is 5.49. The van der Waals surface area contributed by atoms with Crippen molar-refractivity contribution in [2.24, 2.45) is 0 Å².